The highest BCUT2D eigenvalue weighted by molar-refractivity contribution is 5.86. The van der Waals surface area contributed by atoms with Crippen LogP contribution >= 0.6 is 0 Å². The average Bonchev–Trinajstić information content (AvgIpc) is 3.08. The topological polar surface area (TPSA) is 73.0 Å². The van der Waals surface area contributed by atoms with Gasteiger partial charge in [0.2, 0.25) is 5.95 Å². The summed E-state index contributed by atoms with van der Waals surface area (Å²) in [6, 6.07) is 9.62. The molecule has 0 amide bonds. The van der Waals surface area contributed by atoms with Crippen LogP contribution in [0.15, 0.2) is 40.8 Å². The number of oxazole rings is 1. The van der Waals surface area contributed by atoms with E-state index < -0.39 is 0 Å². The summed E-state index contributed by atoms with van der Waals surface area (Å²) >= 11 is 0. The second-order valence-corrected chi connectivity index (χ2v) is 5.12. The standard InChI is InChI=1S/C16H11FN4O2/c1-21-13-5-2-9(8-22)6-12(13)18-15(21)20-16-19-11-4-3-10(17)7-14(11)23-16/h2-8H,1H3,(H,18,19,20). The SMILES string of the molecule is Cn1c(Nc2nc3ccc(F)cc3o2)nc2cc(C=O)ccc21. The Morgan fingerprint density at radius 3 is 2.87 bits per heavy atom. The Bertz CT molecular complexity index is 1050. The summed E-state index contributed by atoms with van der Waals surface area (Å²) in [7, 11) is 1.83. The Labute approximate surface area is 129 Å². The van der Waals surface area contributed by atoms with Crippen molar-refractivity contribution in [1.82, 2.24) is 14.5 Å². The van der Waals surface area contributed by atoms with Crippen LogP contribution in [0.3, 0.4) is 0 Å². The first-order chi connectivity index (χ1) is 11.1. The Balaban J connectivity index is 1.76. The fraction of sp³-hybridized carbons (Fsp3) is 0.0625. The van der Waals surface area contributed by atoms with E-state index in [2.05, 4.69) is 15.3 Å². The number of imidazole rings is 1. The smallest absolute Gasteiger partial charge is 0.302 e. The van der Waals surface area contributed by atoms with Gasteiger partial charge in [-0.3, -0.25) is 10.1 Å². The van der Waals surface area contributed by atoms with Gasteiger partial charge in [0, 0.05) is 18.7 Å². The molecule has 0 aliphatic carbocycles. The maximum atomic E-state index is 13.2. The Morgan fingerprint density at radius 2 is 2.04 bits per heavy atom. The number of aromatic nitrogens is 3. The molecular formula is C16H11FN4O2. The molecule has 0 spiro atoms. The molecule has 4 rings (SSSR count). The van der Waals surface area contributed by atoms with Crippen molar-refractivity contribution in [2.75, 3.05) is 5.32 Å². The third-order valence-electron chi connectivity index (χ3n) is 3.61. The molecule has 0 atom stereocenters. The quantitative estimate of drug-likeness (QED) is 0.587. The minimum Gasteiger partial charge on any atom is -0.423 e. The summed E-state index contributed by atoms with van der Waals surface area (Å²) in [5, 5.41) is 2.97. The van der Waals surface area contributed by atoms with Crippen LogP contribution in [0.4, 0.5) is 16.4 Å². The molecule has 0 unspecified atom stereocenters. The van der Waals surface area contributed by atoms with E-state index in [0.717, 1.165) is 11.8 Å². The van der Waals surface area contributed by atoms with Gasteiger partial charge in [0.15, 0.2) is 5.58 Å². The number of benzene rings is 2. The average molecular weight is 310 g/mol. The van der Waals surface area contributed by atoms with Gasteiger partial charge in [-0.1, -0.05) is 0 Å². The third kappa shape index (κ3) is 2.22. The van der Waals surface area contributed by atoms with Crippen molar-refractivity contribution in [2.24, 2.45) is 7.05 Å². The zero-order valence-corrected chi connectivity index (χ0v) is 12.1. The lowest BCUT2D eigenvalue weighted by molar-refractivity contribution is 0.112. The van der Waals surface area contributed by atoms with Crippen molar-refractivity contribution >= 4 is 40.4 Å². The van der Waals surface area contributed by atoms with E-state index in [1.54, 1.807) is 18.2 Å². The Hall–Kier alpha value is -3.22. The summed E-state index contributed by atoms with van der Waals surface area (Å²) in [6.07, 6.45) is 0.774. The molecular weight excluding hydrogens is 299 g/mol. The van der Waals surface area contributed by atoms with Crippen LogP contribution in [0.5, 0.6) is 0 Å². The van der Waals surface area contributed by atoms with Gasteiger partial charge in [-0.25, -0.2) is 9.37 Å². The highest BCUT2D eigenvalue weighted by Crippen LogP contribution is 2.25. The number of nitrogens with zero attached hydrogens (tertiary/aromatic N) is 3. The lowest BCUT2D eigenvalue weighted by atomic mass is 10.2. The van der Waals surface area contributed by atoms with E-state index in [4.69, 9.17) is 4.42 Å². The number of anilines is 2. The summed E-state index contributed by atoms with van der Waals surface area (Å²) in [5.41, 5.74) is 3.01. The van der Waals surface area contributed by atoms with Gasteiger partial charge >= 0.3 is 6.01 Å². The number of nitrogens with one attached hydrogen (secondary N) is 1. The highest BCUT2D eigenvalue weighted by Gasteiger charge is 2.12. The molecule has 0 fully saturated rings. The van der Waals surface area contributed by atoms with Gasteiger partial charge < -0.3 is 8.98 Å². The number of carbonyl (C=O) groups is 1. The number of halogens is 1. The predicted octanol–water partition coefficient (Wildman–Crippen LogP) is 3.41. The molecule has 0 bridgehead atoms. The molecule has 0 aliphatic rings. The first-order valence-electron chi connectivity index (χ1n) is 6.89. The first kappa shape index (κ1) is 13.4. The minimum atomic E-state index is -0.385. The van der Waals surface area contributed by atoms with E-state index in [-0.39, 0.29) is 11.8 Å². The molecule has 2 aromatic carbocycles. The number of hydrogen-bond donors (Lipinski definition) is 1. The summed E-state index contributed by atoms with van der Waals surface area (Å²) in [6.45, 7) is 0. The van der Waals surface area contributed by atoms with E-state index in [0.29, 0.717) is 28.1 Å². The third-order valence-corrected chi connectivity index (χ3v) is 3.61. The lowest BCUT2D eigenvalue weighted by Gasteiger charge is -2.01. The molecule has 0 saturated heterocycles. The van der Waals surface area contributed by atoms with Crippen LogP contribution in [-0.4, -0.2) is 20.8 Å². The maximum Gasteiger partial charge on any atom is 0.302 e. The van der Waals surface area contributed by atoms with E-state index in [1.165, 1.54) is 12.1 Å². The molecule has 0 radical (unpaired) electrons. The Kier molecular flexibility index (Phi) is 2.87. The van der Waals surface area contributed by atoms with Crippen LogP contribution in [0.25, 0.3) is 22.1 Å². The zero-order chi connectivity index (χ0) is 16.0. The van der Waals surface area contributed by atoms with Gasteiger partial charge in [0.1, 0.15) is 17.6 Å². The number of fused-ring (bicyclic) bond motifs is 2. The molecule has 6 nitrogen and oxygen atoms in total. The number of hydrogen-bond acceptors (Lipinski definition) is 5. The predicted molar refractivity (Wildman–Crippen MR) is 83.4 cm³/mol. The molecule has 114 valence electrons. The molecule has 4 aromatic rings. The van der Waals surface area contributed by atoms with E-state index in [1.807, 2.05) is 17.7 Å². The molecule has 7 heteroatoms. The molecule has 0 saturated carbocycles. The fourth-order valence-corrected chi connectivity index (χ4v) is 2.45. The summed E-state index contributed by atoms with van der Waals surface area (Å²) in [5.74, 6) is 0.124. The molecule has 0 aliphatic heterocycles. The zero-order valence-electron chi connectivity index (χ0n) is 12.1. The highest BCUT2D eigenvalue weighted by atomic mass is 19.1. The van der Waals surface area contributed by atoms with Crippen molar-refractivity contribution in [1.29, 1.82) is 0 Å². The lowest BCUT2D eigenvalue weighted by Crippen LogP contribution is -1.98. The van der Waals surface area contributed by atoms with Gasteiger partial charge in [0.25, 0.3) is 0 Å². The largest absolute Gasteiger partial charge is 0.423 e. The van der Waals surface area contributed by atoms with Crippen molar-refractivity contribution in [2.45, 2.75) is 0 Å². The van der Waals surface area contributed by atoms with E-state index >= 15 is 0 Å². The van der Waals surface area contributed by atoms with Gasteiger partial charge in [-0.05, 0) is 30.3 Å². The van der Waals surface area contributed by atoms with Gasteiger partial charge in [0.05, 0.1) is 11.0 Å². The summed E-state index contributed by atoms with van der Waals surface area (Å²) in [4.78, 5) is 19.5. The maximum absolute atomic E-state index is 13.2. The number of rotatable bonds is 3. The van der Waals surface area contributed by atoms with Crippen molar-refractivity contribution in [3.8, 4) is 0 Å². The van der Waals surface area contributed by atoms with Gasteiger partial charge in [-0.2, -0.15) is 4.98 Å². The fourth-order valence-electron chi connectivity index (χ4n) is 2.45. The van der Waals surface area contributed by atoms with Crippen LogP contribution in [-0.2, 0) is 7.05 Å². The number of aldehydes is 1. The van der Waals surface area contributed by atoms with Crippen molar-refractivity contribution in [3.05, 3.63) is 47.8 Å². The molecule has 23 heavy (non-hydrogen) atoms. The van der Waals surface area contributed by atoms with Gasteiger partial charge in [-0.15, -0.1) is 0 Å². The molecule has 2 aromatic heterocycles. The number of carbonyl (C=O) groups excluding carboxylic acids is 1. The van der Waals surface area contributed by atoms with Crippen molar-refractivity contribution in [3.63, 3.8) is 0 Å². The second kappa shape index (κ2) is 4.91. The van der Waals surface area contributed by atoms with Crippen LogP contribution in [0.1, 0.15) is 10.4 Å². The first-order valence-corrected chi connectivity index (χ1v) is 6.89. The van der Waals surface area contributed by atoms with Crippen LogP contribution < -0.4 is 5.32 Å². The van der Waals surface area contributed by atoms with Crippen LogP contribution in [0.2, 0.25) is 0 Å². The van der Waals surface area contributed by atoms with Crippen molar-refractivity contribution < 1.29 is 13.6 Å². The molecule has 1 N–H and O–H groups in total. The molecule has 2 heterocycles. The second-order valence-electron chi connectivity index (χ2n) is 5.12. The van der Waals surface area contributed by atoms with E-state index in [9.17, 15) is 9.18 Å². The number of aryl methyl sites for hydroxylation is 1. The summed E-state index contributed by atoms with van der Waals surface area (Å²) < 4.78 is 20.5. The minimum absolute atomic E-state index is 0.222. The normalized spacial score (nSPS) is 11.2. The van der Waals surface area contributed by atoms with Crippen LogP contribution in [0, 0.1) is 5.82 Å². The monoisotopic (exact) mass is 310 g/mol. The Morgan fingerprint density at radius 1 is 1.17 bits per heavy atom.